The maximum atomic E-state index is 12.9. The van der Waals surface area contributed by atoms with Crippen molar-refractivity contribution in [1.29, 1.82) is 0 Å². The van der Waals surface area contributed by atoms with Crippen LogP contribution in [0.3, 0.4) is 0 Å². The van der Waals surface area contributed by atoms with Crippen molar-refractivity contribution < 1.29 is 42.1 Å². The Hall–Kier alpha value is -4.11. The van der Waals surface area contributed by atoms with Crippen LogP contribution in [0.15, 0.2) is 146 Å². The minimum atomic E-state index is -4.41. The Labute approximate surface area is 593 Å². The van der Waals surface area contributed by atoms with Crippen molar-refractivity contribution in [3.05, 3.63) is 146 Å². The third kappa shape index (κ3) is 78.9. The van der Waals surface area contributed by atoms with Gasteiger partial charge in [-0.05, 0) is 116 Å². The molecule has 2 atom stereocenters. The highest BCUT2D eigenvalue weighted by molar-refractivity contribution is 7.47. The Morgan fingerprint density at radius 3 is 0.833 bits per heavy atom. The van der Waals surface area contributed by atoms with Gasteiger partial charge in [-0.15, -0.1) is 0 Å². The van der Waals surface area contributed by atoms with Crippen molar-refractivity contribution in [2.75, 3.05) is 47.5 Å². The molecule has 96 heavy (non-hydrogen) atoms. The van der Waals surface area contributed by atoms with Gasteiger partial charge in [0, 0.05) is 12.8 Å². The summed E-state index contributed by atoms with van der Waals surface area (Å²) < 4.78 is 34.8. The van der Waals surface area contributed by atoms with Crippen LogP contribution >= 0.6 is 7.82 Å². The summed E-state index contributed by atoms with van der Waals surface area (Å²) in [5.74, 6) is -0.801. The number of hydrogen-bond acceptors (Lipinski definition) is 7. The van der Waals surface area contributed by atoms with E-state index in [4.69, 9.17) is 18.5 Å². The third-order valence-corrected chi connectivity index (χ3v) is 17.8. The molecule has 0 aromatic heterocycles. The van der Waals surface area contributed by atoms with Crippen LogP contribution in [-0.2, 0) is 32.7 Å². The molecule has 0 bridgehead atoms. The fourth-order valence-electron chi connectivity index (χ4n) is 10.9. The number of esters is 2. The second kappa shape index (κ2) is 75.1. The molecule has 0 fully saturated rings. The van der Waals surface area contributed by atoms with Gasteiger partial charge in [0.2, 0.25) is 0 Å². The molecule has 0 aliphatic rings. The lowest BCUT2D eigenvalue weighted by Gasteiger charge is -2.24. The summed E-state index contributed by atoms with van der Waals surface area (Å²) in [6.07, 6.45) is 111. The molecular weight excluding hydrogens is 1210 g/mol. The number of allylic oxidation sites excluding steroid dienone is 24. The monoisotopic (exact) mass is 1360 g/mol. The molecule has 9 nitrogen and oxygen atoms in total. The molecule has 0 saturated heterocycles. The SMILES string of the molecule is CC/C=C\C/C=C\C/C=C\C/C=C\C/C=C\C/C=C\C/C=C\C/C=C\CCCCCCCCCCC(=O)OC(COC(=O)CCCCCCCCCCCCCCCCCCCCCCCCCCCC/C=C\C/C=C\C/C=C\C/C=C\CC)COP(=O)(O)OCC[N+](C)(C)C. The molecule has 0 spiro atoms. The van der Waals surface area contributed by atoms with E-state index in [0.29, 0.717) is 17.4 Å². The topological polar surface area (TPSA) is 108 Å². The molecule has 0 rings (SSSR count). The number of quaternary nitrogens is 1. The van der Waals surface area contributed by atoms with E-state index < -0.39 is 26.5 Å². The maximum absolute atomic E-state index is 12.9. The first kappa shape index (κ1) is 91.9. The lowest BCUT2D eigenvalue weighted by molar-refractivity contribution is -0.870. The number of likely N-dealkylation sites (N-methyl/N-ethyl adjacent to an activating group) is 1. The molecule has 0 aliphatic heterocycles. The molecular formula is C86H149NO8P+. The molecule has 0 aromatic carbocycles. The fourth-order valence-corrected chi connectivity index (χ4v) is 11.7. The van der Waals surface area contributed by atoms with Crippen molar-refractivity contribution in [2.24, 2.45) is 0 Å². The number of ether oxygens (including phenoxy) is 2. The summed E-state index contributed by atoms with van der Waals surface area (Å²) in [6.45, 7) is 4.22. The Morgan fingerprint density at radius 2 is 0.562 bits per heavy atom. The zero-order chi connectivity index (χ0) is 69.7. The highest BCUT2D eigenvalue weighted by atomic mass is 31.2. The minimum absolute atomic E-state index is 0.0252. The lowest BCUT2D eigenvalue weighted by Crippen LogP contribution is -2.37. The van der Waals surface area contributed by atoms with Crippen LogP contribution in [0.1, 0.15) is 335 Å². The van der Waals surface area contributed by atoms with Gasteiger partial charge in [0.1, 0.15) is 19.8 Å². The van der Waals surface area contributed by atoms with Crippen molar-refractivity contribution >= 4 is 19.8 Å². The van der Waals surface area contributed by atoms with Crippen LogP contribution in [0.5, 0.6) is 0 Å². The summed E-state index contributed by atoms with van der Waals surface area (Å²) in [7, 11) is 1.47. The van der Waals surface area contributed by atoms with Crippen molar-refractivity contribution in [3.63, 3.8) is 0 Å². The Balaban J connectivity index is 3.99. The first-order valence-corrected chi connectivity index (χ1v) is 41.1. The van der Waals surface area contributed by atoms with E-state index >= 15 is 0 Å². The van der Waals surface area contributed by atoms with E-state index in [9.17, 15) is 19.0 Å². The number of hydrogen-bond donors (Lipinski definition) is 1. The van der Waals surface area contributed by atoms with Gasteiger partial charge in [-0.1, -0.05) is 352 Å². The largest absolute Gasteiger partial charge is 0.472 e. The molecule has 0 amide bonds. The molecule has 10 heteroatoms. The van der Waals surface area contributed by atoms with Crippen LogP contribution in [0.4, 0.5) is 0 Å². The number of carbonyl (C=O) groups is 2. The summed E-state index contributed by atoms with van der Waals surface area (Å²) >= 11 is 0. The first-order chi connectivity index (χ1) is 47.0. The minimum Gasteiger partial charge on any atom is -0.462 e. The van der Waals surface area contributed by atoms with Crippen molar-refractivity contribution in [1.82, 2.24) is 0 Å². The van der Waals surface area contributed by atoms with Crippen LogP contribution in [0.2, 0.25) is 0 Å². The number of nitrogens with zero attached hydrogens (tertiary/aromatic N) is 1. The standard InChI is InChI=1S/C86H148NO8P/c1-6-8-10-12-14-16-18-20-22-24-26-28-30-32-34-36-38-40-41-42-43-44-45-47-48-50-52-54-56-58-60-62-64-66-68-70-72-74-76-78-85(88)92-82-84(83-94-96(90,91)93-81-80-87(3,4)5)95-86(89)79-77-75-73-71-69-67-65-63-61-59-57-55-53-51-49-46-39-37-35-33-31-29-27-25-23-21-19-17-15-13-11-9-7-2/h8-11,14-17,20-23,26-29,33,35,39,46,51,53,57,59,84H,6-7,12-13,18-19,24-25,30-32,34,36-38,40-45,47-50,52,54-56,58,60-83H2,1-5H3/p+1/b10-8-,11-9-,16-14-,17-15-,22-20-,23-21-,28-26-,29-27-,35-33-,46-39-,53-51-,59-57-. The second-order valence-corrected chi connectivity index (χ2v) is 28.8. The molecule has 2 unspecified atom stereocenters. The van der Waals surface area contributed by atoms with E-state index in [1.54, 1.807) is 0 Å². The van der Waals surface area contributed by atoms with Crippen LogP contribution in [0.25, 0.3) is 0 Å². The number of unbranched alkanes of at least 4 members (excludes halogenated alkanes) is 34. The summed E-state index contributed by atoms with van der Waals surface area (Å²) in [5.41, 5.74) is 0. The van der Waals surface area contributed by atoms with Gasteiger partial charge in [-0.2, -0.15) is 0 Å². The van der Waals surface area contributed by atoms with Crippen LogP contribution < -0.4 is 0 Å². The first-order valence-electron chi connectivity index (χ1n) is 39.6. The molecule has 0 radical (unpaired) electrons. The number of carbonyl (C=O) groups excluding carboxylic acids is 2. The molecule has 0 aromatic rings. The predicted octanol–water partition coefficient (Wildman–Crippen LogP) is 26.5. The quantitative estimate of drug-likeness (QED) is 0.0211. The normalized spacial score (nSPS) is 13.9. The van der Waals surface area contributed by atoms with E-state index in [-0.39, 0.29) is 32.0 Å². The van der Waals surface area contributed by atoms with E-state index in [1.807, 2.05) is 21.1 Å². The summed E-state index contributed by atoms with van der Waals surface area (Å²) in [6, 6.07) is 0. The molecule has 0 heterocycles. The molecule has 550 valence electrons. The van der Waals surface area contributed by atoms with Gasteiger partial charge >= 0.3 is 19.8 Å². The van der Waals surface area contributed by atoms with Crippen molar-refractivity contribution in [2.45, 2.75) is 341 Å². The van der Waals surface area contributed by atoms with Crippen LogP contribution in [0, 0.1) is 0 Å². The summed E-state index contributed by atoms with van der Waals surface area (Å²) in [5, 5.41) is 0. The summed E-state index contributed by atoms with van der Waals surface area (Å²) in [4.78, 5) is 36.0. The van der Waals surface area contributed by atoms with Crippen molar-refractivity contribution in [3.8, 4) is 0 Å². The average molecular weight is 1360 g/mol. The number of phosphoric acid groups is 1. The van der Waals surface area contributed by atoms with Gasteiger partial charge in [0.15, 0.2) is 6.10 Å². The smallest absolute Gasteiger partial charge is 0.462 e. The Bertz CT molecular complexity index is 2140. The van der Waals surface area contributed by atoms with Gasteiger partial charge in [0.25, 0.3) is 0 Å². The van der Waals surface area contributed by atoms with E-state index in [0.717, 1.165) is 122 Å². The zero-order valence-electron chi connectivity index (χ0n) is 62.8. The number of rotatable bonds is 72. The highest BCUT2D eigenvalue weighted by Crippen LogP contribution is 2.43. The Kier molecular flexibility index (Phi) is 71.9. The van der Waals surface area contributed by atoms with Crippen LogP contribution in [-0.4, -0.2) is 74.9 Å². The third-order valence-electron chi connectivity index (χ3n) is 16.9. The van der Waals surface area contributed by atoms with E-state index in [2.05, 4.69) is 160 Å². The lowest BCUT2D eigenvalue weighted by atomic mass is 10.0. The van der Waals surface area contributed by atoms with Gasteiger partial charge in [-0.25, -0.2) is 4.57 Å². The molecule has 0 saturated carbocycles. The van der Waals surface area contributed by atoms with Gasteiger partial charge in [-0.3, -0.25) is 18.6 Å². The van der Waals surface area contributed by atoms with Gasteiger partial charge < -0.3 is 18.9 Å². The maximum Gasteiger partial charge on any atom is 0.472 e. The Morgan fingerprint density at radius 1 is 0.323 bits per heavy atom. The number of phosphoric ester groups is 1. The van der Waals surface area contributed by atoms with E-state index in [1.165, 1.54) is 180 Å². The average Bonchev–Trinajstić information content (AvgIpc) is 1.48. The molecule has 0 aliphatic carbocycles. The fraction of sp³-hybridized carbons (Fsp3) is 0.698. The zero-order valence-corrected chi connectivity index (χ0v) is 63.7. The molecule has 1 N–H and O–H groups in total. The predicted molar refractivity (Wildman–Crippen MR) is 417 cm³/mol. The second-order valence-electron chi connectivity index (χ2n) is 27.3. The van der Waals surface area contributed by atoms with Gasteiger partial charge in [0.05, 0.1) is 27.7 Å². The highest BCUT2D eigenvalue weighted by Gasteiger charge is 2.27.